The van der Waals surface area contributed by atoms with Crippen LogP contribution in [-0.2, 0) is 0 Å². The second kappa shape index (κ2) is 5.91. The molecule has 0 fully saturated rings. The van der Waals surface area contributed by atoms with Gasteiger partial charge in [-0.2, -0.15) is 10.1 Å². The van der Waals surface area contributed by atoms with Crippen molar-refractivity contribution in [1.82, 2.24) is 29.2 Å². The smallest absolute Gasteiger partial charge is 0.240 e. The van der Waals surface area contributed by atoms with Crippen molar-refractivity contribution in [2.45, 2.75) is 13.8 Å². The first-order valence-electron chi connectivity index (χ1n) is 7.39. The summed E-state index contributed by atoms with van der Waals surface area (Å²) in [5, 5.41) is 11.8. The topological polar surface area (TPSA) is 98.4 Å². The molecule has 0 atom stereocenters. The van der Waals surface area contributed by atoms with Crippen LogP contribution >= 0.6 is 0 Å². The highest BCUT2D eigenvalue weighted by Gasteiger charge is 2.14. The van der Waals surface area contributed by atoms with Crippen LogP contribution in [0.5, 0.6) is 0 Å². The van der Waals surface area contributed by atoms with Gasteiger partial charge in [-0.25, -0.2) is 14.0 Å². The fourth-order valence-corrected chi connectivity index (χ4v) is 2.38. The summed E-state index contributed by atoms with van der Waals surface area (Å²) in [7, 11) is 1.80. The van der Waals surface area contributed by atoms with Crippen molar-refractivity contribution in [2.24, 2.45) is 0 Å². The number of rotatable bonds is 2. The van der Waals surface area contributed by atoms with E-state index >= 15 is 0 Å². The van der Waals surface area contributed by atoms with Crippen molar-refractivity contribution in [3.63, 3.8) is 0 Å². The third kappa shape index (κ3) is 2.44. The Morgan fingerprint density at radius 3 is 2.65 bits per heavy atom. The van der Waals surface area contributed by atoms with E-state index in [0.717, 1.165) is 22.4 Å². The molecule has 0 unspecified atom stereocenters. The third-order valence-corrected chi connectivity index (χ3v) is 3.30. The average Bonchev–Trinajstić information content (AvgIpc) is 3.21. The molecule has 4 aromatic heterocycles. The van der Waals surface area contributed by atoms with Crippen LogP contribution in [-0.4, -0.2) is 36.2 Å². The first-order chi connectivity index (χ1) is 11.3. The van der Waals surface area contributed by atoms with E-state index in [1.807, 2.05) is 44.4 Å². The summed E-state index contributed by atoms with van der Waals surface area (Å²) in [6, 6.07) is 5.78. The summed E-state index contributed by atoms with van der Waals surface area (Å²) in [6.45, 7) is 4.00. The summed E-state index contributed by atoms with van der Waals surface area (Å²) >= 11 is 0. The molecular formula is C15H18N8. The van der Waals surface area contributed by atoms with Crippen molar-refractivity contribution >= 4 is 22.9 Å². The van der Waals surface area contributed by atoms with Crippen LogP contribution in [0.25, 0.3) is 22.4 Å². The molecule has 0 aliphatic rings. The molecule has 0 aliphatic carbocycles. The Morgan fingerprint density at radius 1 is 1.04 bits per heavy atom. The zero-order chi connectivity index (χ0) is 16.4. The highest BCUT2D eigenvalue weighted by molar-refractivity contribution is 5.87. The minimum absolute atomic E-state index is 0.215. The summed E-state index contributed by atoms with van der Waals surface area (Å²) < 4.78 is 3.43. The van der Waals surface area contributed by atoms with Crippen molar-refractivity contribution in [3.8, 4) is 11.3 Å². The minimum Gasteiger partial charge on any atom is -0.371 e. The van der Waals surface area contributed by atoms with E-state index in [1.165, 1.54) is 0 Å². The number of hydrogen-bond donors (Lipinski definition) is 2. The summed E-state index contributed by atoms with van der Waals surface area (Å²) in [6.07, 6.45) is 5.36. The van der Waals surface area contributed by atoms with Gasteiger partial charge in [0.25, 0.3) is 0 Å². The Kier molecular flexibility index (Phi) is 3.80. The van der Waals surface area contributed by atoms with Gasteiger partial charge in [0.2, 0.25) is 5.95 Å². The standard InChI is InChI=1S/C13H12N8.C2H6/c1-15-12-11-8(4-6-21(11)19-13(14)17-12)9-2-3-10-16-5-7-20(10)18-9;1-2/h2-7H,1H3,(H3,14,15,17,19);1-2H3. The lowest BCUT2D eigenvalue weighted by Crippen LogP contribution is -2.05. The van der Waals surface area contributed by atoms with Gasteiger partial charge < -0.3 is 11.1 Å². The van der Waals surface area contributed by atoms with Crippen LogP contribution in [0.2, 0.25) is 0 Å². The second-order valence-electron chi connectivity index (χ2n) is 4.54. The number of nitrogens with one attached hydrogen (secondary N) is 1. The van der Waals surface area contributed by atoms with Crippen molar-refractivity contribution < 1.29 is 0 Å². The van der Waals surface area contributed by atoms with Crippen molar-refractivity contribution in [3.05, 3.63) is 36.8 Å². The quantitative estimate of drug-likeness (QED) is 0.588. The van der Waals surface area contributed by atoms with Crippen LogP contribution in [0, 0.1) is 0 Å². The van der Waals surface area contributed by atoms with Gasteiger partial charge >= 0.3 is 0 Å². The first kappa shape index (κ1) is 14.8. The number of fused-ring (bicyclic) bond motifs is 2. The molecule has 0 spiro atoms. The van der Waals surface area contributed by atoms with E-state index in [9.17, 15) is 0 Å². The van der Waals surface area contributed by atoms with E-state index in [2.05, 4.69) is 25.5 Å². The van der Waals surface area contributed by atoms with E-state index < -0.39 is 0 Å². The number of aromatic nitrogens is 6. The number of imidazole rings is 1. The second-order valence-corrected chi connectivity index (χ2v) is 4.54. The fraction of sp³-hybridized carbons (Fsp3) is 0.200. The number of hydrogen-bond acceptors (Lipinski definition) is 6. The molecule has 8 heteroatoms. The molecule has 23 heavy (non-hydrogen) atoms. The molecule has 0 aliphatic heterocycles. The monoisotopic (exact) mass is 310 g/mol. The minimum atomic E-state index is 0.215. The lowest BCUT2D eigenvalue weighted by molar-refractivity contribution is 0.917. The summed E-state index contributed by atoms with van der Waals surface area (Å²) in [4.78, 5) is 8.41. The van der Waals surface area contributed by atoms with E-state index in [4.69, 9.17) is 5.73 Å². The van der Waals surface area contributed by atoms with Crippen molar-refractivity contribution in [2.75, 3.05) is 18.1 Å². The van der Waals surface area contributed by atoms with Crippen LogP contribution in [0.1, 0.15) is 13.8 Å². The Labute approximate surface area is 133 Å². The number of anilines is 2. The molecule has 0 bridgehead atoms. The zero-order valence-corrected chi connectivity index (χ0v) is 13.2. The molecule has 0 saturated carbocycles. The number of nitrogens with zero attached hydrogens (tertiary/aromatic N) is 6. The number of nitrogen functional groups attached to an aromatic ring is 1. The Morgan fingerprint density at radius 2 is 1.87 bits per heavy atom. The predicted octanol–water partition coefficient (Wildman–Crippen LogP) is 2.09. The molecule has 4 heterocycles. The van der Waals surface area contributed by atoms with E-state index in [0.29, 0.717) is 5.82 Å². The Hall–Kier alpha value is -3.16. The maximum atomic E-state index is 5.70. The van der Waals surface area contributed by atoms with E-state index in [-0.39, 0.29) is 5.95 Å². The molecule has 118 valence electrons. The Balaban J connectivity index is 0.000000753. The van der Waals surface area contributed by atoms with Gasteiger partial charge in [0.15, 0.2) is 11.5 Å². The van der Waals surface area contributed by atoms with Gasteiger partial charge in [0.1, 0.15) is 5.52 Å². The van der Waals surface area contributed by atoms with E-state index in [1.54, 1.807) is 22.3 Å². The molecule has 0 saturated heterocycles. The largest absolute Gasteiger partial charge is 0.371 e. The van der Waals surface area contributed by atoms with Gasteiger partial charge in [0.05, 0.1) is 5.69 Å². The van der Waals surface area contributed by atoms with Crippen LogP contribution in [0.4, 0.5) is 11.8 Å². The molecular weight excluding hydrogens is 292 g/mol. The lowest BCUT2D eigenvalue weighted by Gasteiger charge is -2.06. The third-order valence-electron chi connectivity index (χ3n) is 3.30. The number of nitrogens with two attached hydrogens (primary N) is 1. The molecule has 4 aromatic rings. The van der Waals surface area contributed by atoms with Gasteiger partial charge in [-0.05, 0) is 18.2 Å². The molecule has 0 radical (unpaired) electrons. The first-order valence-corrected chi connectivity index (χ1v) is 7.39. The van der Waals surface area contributed by atoms with Gasteiger partial charge in [0, 0.05) is 31.2 Å². The van der Waals surface area contributed by atoms with Crippen LogP contribution < -0.4 is 11.1 Å². The summed E-state index contributed by atoms with van der Waals surface area (Å²) in [5.74, 6) is 0.877. The maximum Gasteiger partial charge on any atom is 0.240 e. The van der Waals surface area contributed by atoms with Crippen molar-refractivity contribution in [1.29, 1.82) is 0 Å². The van der Waals surface area contributed by atoms with Gasteiger partial charge in [-0.15, -0.1) is 5.10 Å². The summed E-state index contributed by atoms with van der Waals surface area (Å²) in [5.41, 5.74) is 9.07. The van der Waals surface area contributed by atoms with Crippen LogP contribution in [0.15, 0.2) is 36.8 Å². The highest BCUT2D eigenvalue weighted by atomic mass is 15.3. The molecule has 4 rings (SSSR count). The Bertz CT molecular complexity index is 953. The van der Waals surface area contributed by atoms with Crippen LogP contribution in [0.3, 0.4) is 0 Å². The fourth-order valence-electron chi connectivity index (χ4n) is 2.38. The van der Waals surface area contributed by atoms with Gasteiger partial charge in [-0.1, -0.05) is 13.8 Å². The molecule has 3 N–H and O–H groups in total. The molecule has 8 nitrogen and oxygen atoms in total. The normalized spacial score (nSPS) is 10.6. The maximum absolute atomic E-state index is 5.70. The zero-order valence-electron chi connectivity index (χ0n) is 13.2. The lowest BCUT2D eigenvalue weighted by atomic mass is 10.2. The van der Waals surface area contributed by atoms with Gasteiger partial charge in [-0.3, -0.25) is 0 Å². The predicted molar refractivity (Wildman–Crippen MR) is 90.3 cm³/mol. The molecule has 0 aromatic carbocycles. The highest BCUT2D eigenvalue weighted by Crippen LogP contribution is 2.28. The molecule has 0 amide bonds. The average molecular weight is 310 g/mol. The SMILES string of the molecule is CC.CNc1nc(N)nn2ccc(-c3ccc4nccn4n3)c12.